The van der Waals surface area contributed by atoms with Gasteiger partial charge in [-0.3, -0.25) is 0 Å². The Balaban J connectivity index is 3.46. The first-order valence-corrected chi connectivity index (χ1v) is 4.48. The van der Waals surface area contributed by atoms with E-state index in [1.165, 1.54) is 0 Å². The first-order chi connectivity index (χ1) is 5.77. The molecular formula is C10H11NS. The molecule has 0 N–H and O–H groups in total. The van der Waals surface area contributed by atoms with Gasteiger partial charge in [0, 0.05) is 0 Å². The fraction of sp³-hybridized carbons (Fsp3) is 0.100. The van der Waals surface area contributed by atoms with Gasteiger partial charge < -0.3 is 0 Å². The van der Waals surface area contributed by atoms with Crippen LogP contribution in [0.3, 0.4) is 0 Å². The van der Waals surface area contributed by atoms with Crippen LogP contribution in [0, 0.1) is 6.92 Å². The SMILES string of the molecule is C=C/C=c1/nc(C)s/c1=C/C=C. The molecule has 0 aliphatic carbocycles. The number of hydrogen-bond donors (Lipinski definition) is 0. The number of allylic oxidation sites excluding steroid dienone is 2. The second-order valence-electron chi connectivity index (χ2n) is 2.29. The molecule has 0 fully saturated rings. The van der Waals surface area contributed by atoms with Crippen LogP contribution in [0.25, 0.3) is 12.2 Å². The molecule has 0 spiro atoms. The van der Waals surface area contributed by atoms with Crippen LogP contribution in [0.5, 0.6) is 0 Å². The Hall–Kier alpha value is -1.15. The third-order valence-electron chi connectivity index (χ3n) is 1.33. The van der Waals surface area contributed by atoms with Gasteiger partial charge >= 0.3 is 0 Å². The predicted molar refractivity (Wildman–Crippen MR) is 55.4 cm³/mol. The van der Waals surface area contributed by atoms with Crippen LogP contribution in [-0.4, -0.2) is 4.98 Å². The van der Waals surface area contributed by atoms with E-state index in [-0.39, 0.29) is 0 Å². The number of aryl methyl sites for hydroxylation is 1. The number of thiazole rings is 1. The summed E-state index contributed by atoms with van der Waals surface area (Å²) in [6, 6.07) is 0. The molecular weight excluding hydrogens is 166 g/mol. The summed E-state index contributed by atoms with van der Waals surface area (Å²) in [5.74, 6) is 0. The molecule has 0 aliphatic heterocycles. The molecule has 2 heteroatoms. The van der Waals surface area contributed by atoms with Crippen molar-refractivity contribution in [2.24, 2.45) is 0 Å². The summed E-state index contributed by atoms with van der Waals surface area (Å²) in [6.45, 7) is 9.28. The molecule has 0 unspecified atom stereocenters. The van der Waals surface area contributed by atoms with Gasteiger partial charge in [0.25, 0.3) is 0 Å². The highest BCUT2D eigenvalue weighted by molar-refractivity contribution is 7.09. The average molecular weight is 177 g/mol. The van der Waals surface area contributed by atoms with E-state index in [0.29, 0.717) is 0 Å². The predicted octanol–water partition coefficient (Wildman–Crippen LogP) is 1.38. The zero-order valence-corrected chi connectivity index (χ0v) is 7.90. The van der Waals surface area contributed by atoms with Crippen LogP contribution < -0.4 is 9.88 Å². The Morgan fingerprint density at radius 2 is 1.92 bits per heavy atom. The molecule has 1 heterocycles. The molecule has 0 aliphatic rings. The van der Waals surface area contributed by atoms with Crippen molar-refractivity contribution in [3.63, 3.8) is 0 Å². The molecule has 62 valence electrons. The number of nitrogens with zero attached hydrogens (tertiary/aromatic N) is 1. The summed E-state index contributed by atoms with van der Waals surface area (Å²) in [5, 5.41) is 2.05. The van der Waals surface area contributed by atoms with Gasteiger partial charge in [-0.25, -0.2) is 4.98 Å². The second kappa shape index (κ2) is 4.02. The molecule has 0 atom stereocenters. The minimum absolute atomic E-state index is 0.979. The van der Waals surface area contributed by atoms with Crippen molar-refractivity contribution < 1.29 is 0 Å². The maximum Gasteiger partial charge on any atom is 0.0907 e. The lowest BCUT2D eigenvalue weighted by Gasteiger charge is -1.72. The Kier molecular flexibility index (Phi) is 3.00. The second-order valence-corrected chi connectivity index (χ2v) is 3.52. The van der Waals surface area contributed by atoms with Crippen molar-refractivity contribution in [1.82, 2.24) is 4.98 Å². The van der Waals surface area contributed by atoms with E-state index in [1.54, 1.807) is 23.5 Å². The number of rotatable bonds is 2. The molecule has 12 heavy (non-hydrogen) atoms. The minimum Gasteiger partial charge on any atom is -0.242 e. The zero-order valence-electron chi connectivity index (χ0n) is 7.08. The monoisotopic (exact) mass is 177 g/mol. The lowest BCUT2D eigenvalue weighted by Crippen LogP contribution is -2.19. The van der Waals surface area contributed by atoms with E-state index in [2.05, 4.69) is 18.1 Å². The molecule has 0 aromatic carbocycles. The standard InChI is InChI=1S/C10H11NS/c1-4-6-9-10(7-5-2)12-8(3)11-9/h4-7H,1-2H2,3H3/b9-6+,10-7+. The summed E-state index contributed by atoms with van der Waals surface area (Å²) in [6.07, 6.45) is 7.38. The van der Waals surface area contributed by atoms with Crippen LogP contribution in [-0.2, 0) is 0 Å². The lowest BCUT2D eigenvalue weighted by molar-refractivity contribution is 1.23. The fourth-order valence-electron chi connectivity index (χ4n) is 0.916. The van der Waals surface area contributed by atoms with Crippen molar-refractivity contribution in [3.05, 3.63) is 40.2 Å². The molecule has 0 amide bonds. The first-order valence-electron chi connectivity index (χ1n) is 3.67. The van der Waals surface area contributed by atoms with Crippen molar-refractivity contribution in [1.29, 1.82) is 0 Å². The van der Waals surface area contributed by atoms with Crippen molar-refractivity contribution >= 4 is 23.5 Å². The topological polar surface area (TPSA) is 12.9 Å². The van der Waals surface area contributed by atoms with Gasteiger partial charge in [-0.05, 0) is 19.1 Å². The van der Waals surface area contributed by atoms with Gasteiger partial charge in [-0.1, -0.05) is 25.3 Å². The molecule has 0 bridgehead atoms. The molecule has 1 aromatic heterocycles. The van der Waals surface area contributed by atoms with E-state index in [1.807, 2.05) is 19.1 Å². The van der Waals surface area contributed by atoms with Gasteiger partial charge in [-0.2, -0.15) is 0 Å². The summed E-state index contributed by atoms with van der Waals surface area (Å²) < 4.78 is 1.14. The Morgan fingerprint density at radius 3 is 2.50 bits per heavy atom. The largest absolute Gasteiger partial charge is 0.242 e. The number of aromatic nitrogens is 1. The third-order valence-corrected chi connectivity index (χ3v) is 2.28. The van der Waals surface area contributed by atoms with Gasteiger partial charge in [0.2, 0.25) is 0 Å². The van der Waals surface area contributed by atoms with Crippen LogP contribution in [0.1, 0.15) is 5.01 Å². The quantitative estimate of drug-likeness (QED) is 0.665. The molecule has 1 rings (SSSR count). The smallest absolute Gasteiger partial charge is 0.0907 e. The fourth-order valence-corrected chi connectivity index (χ4v) is 1.76. The van der Waals surface area contributed by atoms with Gasteiger partial charge in [-0.15, -0.1) is 11.3 Å². The minimum atomic E-state index is 0.979. The third kappa shape index (κ3) is 1.92. The van der Waals surface area contributed by atoms with Crippen molar-refractivity contribution in [2.45, 2.75) is 6.92 Å². The average Bonchev–Trinajstić information content (AvgIpc) is 2.33. The number of hydrogen-bond acceptors (Lipinski definition) is 2. The zero-order chi connectivity index (χ0) is 8.97. The molecule has 0 saturated carbocycles. The van der Waals surface area contributed by atoms with Gasteiger partial charge in [0.15, 0.2) is 0 Å². The summed E-state index contributed by atoms with van der Waals surface area (Å²) in [4.78, 5) is 4.33. The molecule has 1 nitrogen and oxygen atoms in total. The summed E-state index contributed by atoms with van der Waals surface area (Å²) in [7, 11) is 0. The van der Waals surface area contributed by atoms with E-state index >= 15 is 0 Å². The van der Waals surface area contributed by atoms with Crippen LogP contribution in [0.15, 0.2) is 25.3 Å². The summed E-state index contributed by atoms with van der Waals surface area (Å²) >= 11 is 1.66. The Bertz CT molecular complexity index is 360. The van der Waals surface area contributed by atoms with Crippen LogP contribution in [0.4, 0.5) is 0 Å². The van der Waals surface area contributed by atoms with Gasteiger partial charge in [0.05, 0.1) is 14.9 Å². The van der Waals surface area contributed by atoms with E-state index < -0.39 is 0 Å². The summed E-state index contributed by atoms with van der Waals surface area (Å²) in [5.41, 5.74) is 0. The van der Waals surface area contributed by atoms with Crippen LogP contribution >= 0.6 is 11.3 Å². The van der Waals surface area contributed by atoms with Crippen LogP contribution in [0.2, 0.25) is 0 Å². The van der Waals surface area contributed by atoms with Crippen molar-refractivity contribution in [3.8, 4) is 0 Å². The molecule has 1 aromatic rings. The van der Waals surface area contributed by atoms with E-state index in [0.717, 1.165) is 14.9 Å². The van der Waals surface area contributed by atoms with Gasteiger partial charge in [0.1, 0.15) is 0 Å². The highest BCUT2D eigenvalue weighted by Crippen LogP contribution is 1.90. The van der Waals surface area contributed by atoms with E-state index in [4.69, 9.17) is 0 Å². The van der Waals surface area contributed by atoms with Crippen molar-refractivity contribution in [2.75, 3.05) is 0 Å². The Labute approximate surface area is 76.1 Å². The Morgan fingerprint density at radius 1 is 1.25 bits per heavy atom. The first kappa shape index (κ1) is 8.94. The molecule has 0 radical (unpaired) electrons. The normalized spacial score (nSPS) is 13.4. The maximum absolute atomic E-state index is 4.33. The highest BCUT2D eigenvalue weighted by Gasteiger charge is 1.90. The highest BCUT2D eigenvalue weighted by atomic mass is 32.1. The molecule has 0 saturated heterocycles. The van der Waals surface area contributed by atoms with E-state index in [9.17, 15) is 0 Å². The maximum atomic E-state index is 4.33. The lowest BCUT2D eigenvalue weighted by atomic mass is 10.4.